The summed E-state index contributed by atoms with van der Waals surface area (Å²) in [6, 6.07) is 45.7. The van der Waals surface area contributed by atoms with Gasteiger partial charge in [-0.1, -0.05) is 77.2 Å². The number of piperazine rings is 3. The van der Waals surface area contributed by atoms with Crippen molar-refractivity contribution >= 4 is 52.5 Å². The Hall–Kier alpha value is -9.87. The van der Waals surface area contributed by atoms with Gasteiger partial charge in [-0.15, -0.1) is 0 Å². The van der Waals surface area contributed by atoms with Gasteiger partial charge in [0, 0.05) is 175 Å². The number of nitrogens with two attached hydrogens (primary N) is 1. The molecule has 21 heteroatoms. The van der Waals surface area contributed by atoms with E-state index in [0.717, 1.165) is 143 Å². The molecule has 0 unspecified atom stereocenters. The molecule has 9 aromatic rings. The van der Waals surface area contributed by atoms with E-state index in [9.17, 15) is 14.4 Å². The number of carboxylic acids is 1. The molecule has 4 aromatic heterocycles. The first-order valence-corrected chi connectivity index (χ1v) is 32.6. The number of esters is 1. The van der Waals surface area contributed by atoms with Crippen molar-refractivity contribution in [2.45, 2.75) is 62.2 Å². The van der Waals surface area contributed by atoms with Crippen LogP contribution in [-0.4, -0.2) is 189 Å². The molecule has 1 amide bonds. The molecule has 7 heterocycles. The van der Waals surface area contributed by atoms with Crippen molar-refractivity contribution in [3.63, 3.8) is 0 Å². The average Bonchev–Trinajstić information content (AvgIpc) is 0.891. The van der Waals surface area contributed by atoms with E-state index >= 15 is 0 Å². The minimum atomic E-state index is -0.865. The fourth-order valence-electron chi connectivity index (χ4n) is 10.6. The minimum Gasteiger partial charge on any atom is -0.478 e. The number of aromatic nitrogens is 6. The Bertz CT molecular complexity index is 3900. The van der Waals surface area contributed by atoms with Crippen molar-refractivity contribution in [2.24, 2.45) is 5.92 Å². The number of carbonyl (C=O) groups excluding carboxylic acids is 2. The zero-order valence-corrected chi connectivity index (χ0v) is 56.2. The summed E-state index contributed by atoms with van der Waals surface area (Å²) in [5.41, 5.74) is 19.8. The number of anilines is 6. The summed E-state index contributed by atoms with van der Waals surface area (Å²) in [6.45, 7) is 24.5. The lowest BCUT2D eigenvalue weighted by Crippen LogP contribution is -2.43. The molecule has 516 valence electrons. The second-order valence-electron chi connectivity index (χ2n) is 24.9. The fraction of sp³-hybridized carbons (Fsp3) is 0.338. The number of carboxylic acid groups (broad SMARTS) is 1. The third-order valence-electron chi connectivity index (χ3n) is 16.6. The maximum absolute atomic E-state index is 12.9. The number of hydrogen-bond donors (Lipinski definition) is 5. The molecule has 3 aliphatic rings. The van der Waals surface area contributed by atoms with Crippen molar-refractivity contribution < 1.29 is 24.2 Å². The van der Waals surface area contributed by atoms with Crippen molar-refractivity contribution in [3.8, 4) is 22.5 Å². The average molecular weight is 1330 g/mol. The zero-order valence-electron chi connectivity index (χ0n) is 56.2. The van der Waals surface area contributed by atoms with Gasteiger partial charge in [0.25, 0.3) is 5.91 Å². The molecular formula is C77H98N16O5. The predicted molar refractivity (Wildman–Crippen MR) is 395 cm³/mol. The second-order valence-corrected chi connectivity index (χ2v) is 24.9. The van der Waals surface area contributed by atoms with Crippen LogP contribution in [0, 0.1) is 19.8 Å². The fourth-order valence-corrected chi connectivity index (χ4v) is 10.6. The molecule has 21 nitrogen and oxygen atoms in total. The smallest absolute Gasteiger partial charge is 0.338 e. The molecular weight excluding hydrogens is 1230 g/mol. The van der Waals surface area contributed by atoms with Crippen molar-refractivity contribution in [3.05, 3.63) is 227 Å². The highest BCUT2D eigenvalue weighted by atomic mass is 16.5. The molecule has 6 N–H and O–H groups in total. The van der Waals surface area contributed by atoms with Gasteiger partial charge in [-0.2, -0.15) is 0 Å². The molecule has 0 radical (unpaired) electrons. The van der Waals surface area contributed by atoms with Crippen LogP contribution in [0.15, 0.2) is 183 Å². The number of nitrogen functional groups attached to an aromatic ring is 1. The van der Waals surface area contributed by atoms with Gasteiger partial charge in [0.05, 0.1) is 29.1 Å². The zero-order chi connectivity index (χ0) is 67.8. The Morgan fingerprint density at radius 3 is 1.33 bits per heavy atom. The third-order valence-corrected chi connectivity index (χ3v) is 16.6. The monoisotopic (exact) mass is 1330 g/mol. The highest BCUT2D eigenvalue weighted by Gasteiger charge is 2.18. The van der Waals surface area contributed by atoms with Crippen LogP contribution in [0.3, 0.4) is 0 Å². The number of pyridine rings is 2. The van der Waals surface area contributed by atoms with Crippen LogP contribution < -0.4 is 21.7 Å². The van der Waals surface area contributed by atoms with E-state index in [4.69, 9.17) is 15.6 Å². The molecule has 0 saturated carbocycles. The van der Waals surface area contributed by atoms with Gasteiger partial charge < -0.3 is 46.2 Å². The summed E-state index contributed by atoms with van der Waals surface area (Å²) in [5, 5.41) is 18.3. The van der Waals surface area contributed by atoms with Crippen molar-refractivity contribution in [1.29, 1.82) is 0 Å². The summed E-state index contributed by atoms with van der Waals surface area (Å²) in [6.07, 6.45) is 10.4. The van der Waals surface area contributed by atoms with Crippen LogP contribution in [0.4, 0.5) is 34.6 Å². The van der Waals surface area contributed by atoms with Crippen molar-refractivity contribution in [2.75, 3.05) is 128 Å². The first-order valence-electron chi connectivity index (χ1n) is 32.6. The number of carbonyl (C=O) groups is 3. The van der Waals surface area contributed by atoms with Gasteiger partial charge in [-0.05, 0) is 166 Å². The Kier molecular flexibility index (Phi) is 29.4. The maximum atomic E-state index is 12.9. The van der Waals surface area contributed by atoms with Gasteiger partial charge in [-0.3, -0.25) is 29.5 Å². The molecule has 0 bridgehead atoms. The summed E-state index contributed by atoms with van der Waals surface area (Å²) in [7, 11) is 6.46. The lowest BCUT2D eigenvalue weighted by molar-refractivity contribution is 0.0458. The summed E-state index contributed by atoms with van der Waals surface area (Å²) < 4.78 is 5.24. The molecule has 0 spiro atoms. The van der Waals surface area contributed by atoms with E-state index in [-0.39, 0.29) is 26.7 Å². The minimum absolute atomic E-state index is 0. The van der Waals surface area contributed by atoms with Crippen LogP contribution in [0.1, 0.15) is 87.6 Å². The van der Waals surface area contributed by atoms with Gasteiger partial charge in [0.2, 0.25) is 11.9 Å². The van der Waals surface area contributed by atoms with Crippen LogP contribution in [0.2, 0.25) is 0 Å². The van der Waals surface area contributed by atoms with Gasteiger partial charge in [-0.25, -0.2) is 29.5 Å². The molecule has 98 heavy (non-hydrogen) atoms. The van der Waals surface area contributed by atoms with Crippen LogP contribution in [0.25, 0.3) is 22.5 Å². The predicted octanol–water partition coefficient (Wildman–Crippen LogP) is 12.4. The number of amides is 1. The first kappa shape index (κ1) is 75.5. The third kappa shape index (κ3) is 24.0. The van der Waals surface area contributed by atoms with E-state index in [0.29, 0.717) is 52.5 Å². The number of aryl methyl sites for hydroxylation is 2. The molecule has 0 aliphatic carbocycles. The van der Waals surface area contributed by atoms with E-state index in [2.05, 4.69) is 96.4 Å². The summed E-state index contributed by atoms with van der Waals surface area (Å²) in [4.78, 5) is 75.8. The van der Waals surface area contributed by atoms with Gasteiger partial charge in [0.1, 0.15) is 0 Å². The number of nitrogens with one attached hydrogen (secondary N) is 3. The van der Waals surface area contributed by atoms with Gasteiger partial charge in [0.15, 0.2) is 0 Å². The number of benzene rings is 5. The van der Waals surface area contributed by atoms with Gasteiger partial charge >= 0.3 is 11.9 Å². The van der Waals surface area contributed by atoms with E-state index in [1.807, 2.05) is 161 Å². The molecule has 0 atom stereocenters. The number of likely N-dealkylation sites (N-methyl/N-ethyl adjacent to an activating group) is 3. The topological polar surface area (TPSA) is 240 Å². The Morgan fingerprint density at radius 2 is 0.918 bits per heavy atom. The first-order chi connectivity index (χ1) is 46.4. The highest BCUT2D eigenvalue weighted by Crippen LogP contribution is 2.27. The second kappa shape index (κ2) is 38.2. The molecule has 5 aromatic carbocycles. The molecule has 12 rings (SSSR count). The lowest BCUT2D eigenvalue weighted by Gasteiger charge is -2.32. The van der Waals surface area contributed by atoms with Crippen molar-refractivity contribution in [1.82, 2.24) is 59.3 Å². The number of ether oxygens (including phenoxy) is 1. The van der Waals surface area contributed by atoms with E-state index < -0.39 is 5.97 Å². The molecule has 3 fully saturated rings. The highest BCUT2D eigenvalue weighted by molar-refractivity contribution is 6.04. The Balaban J connectivity index is 0.000000192. The summed E-state index contributed by atoms with van der Waals surface area (Å²) in [5.74, 6) is 0.140. The SMILES string of the molecule is C.C.CC(C)COC(=O)c1ccc(CN2CCN(C)CC2)cc1.CN1CCN(Cc2ccc(C(=O)O)cc2)CC1.Cc1ccc(N)cc1Nc1nccc(-c2cccnc2)n1.Cc1ccc(NC(=O)c2ccc(CN3CCN(C)CC3)cc2)cc1Nc1nccc(-c2cccnc2)n1. The standard InChI is InChI=1S/C29H31N7O.C17H26N2O2.C16H15N5.C13H18N2O2.2CH4/c1-21-5-10-25(18-27(21)34-29-31-13-11-26(33-29)24-4-3-12-30-19-24)32-28(37)23-8-6-22(7-9-23)20-36-16-14-35(2)15-17-36;1-14(2)13-21-17(20)16-6-4-15(5-7-16)12-19-10-8-18(3)9-11-19;1-11-4-5-13(17)9-15(11)21-16-19-8-6-14(20-16)12-3-2-7-18-10-12;1-14-6-8-15(9-7-14)10-11-2-4-12(5-3-11)13(16)17;;/h3-13,18-19H,14-17,20H2,1-2H3,(H,32,37)(H,31,33,34);4-7,14H,8-13H2,1-3H3;2-10H,17H2,1H3,(H,19,20,21);2-5H,6-10H2,1H3,(H,16,17);2*1H4. The normalized spacial score (nSPS) is 14.4. The number of hydrogen-bond acceptors (Lipinski definition) is 19. The van der Waals surface area contributed by atoms with Crippen LogP contribution in [0.5, 0.6) is 0 Å². The van der Waals surface area contributed by atoms with Crippen LogP contribution in [-0.2, 0) is 24.4 Å². The lowest BCUT2D eigenvalue weighted by atomic mass is 10.1. The van der Waals surface area contributed by atoms with E-state index in [1.165, 1.54) is 16.7 Å². The Morgan fingerprint density at radius 1 is 0.510 bits per heavy atom. The molecule has 3 saturated heterocycles. The Labute approximate surface area is 579 Å². The summed E-state index contributed by atoms with van der Waals surface area (Å²) >= 11 is 0. The largest absolute Gasteiger partial charge is 0.478 e. The maximum Gasteiger partial charge on any atom is 0.338 e. The quantitative estimate of drug-likeness (QED) is 0.0396. The van der Waals surface area contributed by atoms with E-state index in [1.54, 1.807) is 49.3 Å². The number of rotatable bonds is 18. The number of aromatic carboxylic acids is 1. The molecule has 3 aliphatic heterocycles. The van der Waals surface area contributed by atoms with Crippen LogP contribution >= 0.6 is 0 Å². The number of nitrogens with zero attached hydrogens (tertiary/aromatic N) is 12.